The minimum absolute atomic E-state index is 0.112. The molecular weight excluding hydrogens is 364 g/mol. The minimum atomic E-state index is -0.112. The number of aromatic nitrogens is 2. The molecule has 0 unspecified atom stereocenters. The molecule has 1 fully saturated rings. The average Bonchev–Trinajstić information content (AvgIpc) is 3.44. The molecule has 1 aliphatic rings. The number of carbonyl (C=O) groups excluding carboxylic acids is 1. The fourth-order valence-electron chi connectivity index (χ4n) is 2.81. The van der Waals surface area contributed by atoms with E-state index < -0.39 is 0 Å². The molecule has 1 amide bonds. The molecule has 134 valence electrons. The second-order valence-electron chi connectivity index (χ2n) is 6.33. The molecule has 1 aliphatic carbocycles. The van der Waals surface area contributed by atoms with Gasteiger partial charge in [0.05, 0.1) is 28.8 Å². The molecule has 3 aromatic rings. The highest BCUT2D eigenvalue weighted by molar-refractivity contribution is 6.33. The van der Waals surface area contributed by atoms with Crippen molar-refractivity contribution in [3.05, 3.63) is 70.6 Å². The molecule has 0 spiro atoms. The molecule has 0 aliphatic heterocycles. The highest BCUT2D eigenvalue weighted by Gasteiger charge is 2.34. The van der Waals surface area contributed by atoms with Gasteiger partial charge in [0.1, 0.15) is 0 Å². The quantitative estimate of drug-likeness (QED) is 0.668. The van der Waals surface area contributed by atoms with Crippen LogP contribution in [-0.4, -0.2) is 27.0 Å². The van der Waals surface area contributed by atoms with Gasteiger partial charge in [-0.3, -0.25) is 4.79 Å². The summed E-state index contributed by atoms with van der Waals surface area (Å²) in [5.41, 5.74) is 1.71. The predicted octanol–water partition coefficient (Wildman–Crippen LogP) is 4.07. The number of amides is 1. The van der Waals surface area contributed by atoms with Gasteiger partial charge in [0.15, 0.2) is 0 Å². The van der Waals surface area contributed by atoms with E-state index in [1.165, 1.54) is 0 Å². The van der Waals surface area contributed by atoms with Crippen LogP contribution in [0.5, 0.6) is 0 Å². The van der Waals surface area contributed by atoms with Crippen molar-refractivity contribution in [1.29, 1.82) is 5.26 Å². The summed E-state index contributed by atoms with van der Waals surface area (Å²) in [6.45, 7) is 0.237. The lowest BCUT2D eigenvalue weighted by Gasteiger charge is -2.20. The van der Waals surface area contributed by atoms with Gasteiger partial charge in [0.25, 0.3) is 5.91 Å². The summed E-state index contributed by atoms with van der Waals surface area (Å²) in [5, 5.41) is 17.6. The third kappa shape index (κ3) is 3.69. The van der Waals surface area contributed by atoms with Crippen LogP contribution >= 0.6 is 11.6 Å². The van der Waals surface area contributed by atoms with Crippen molar-refractivity contribution in [1.82, 2.24) is 15.1 Å². The Bertz CT molecular complexity index is 1020. The molecule has 6 nitrogen and oxygen atoms in total. The van der Waals surface area contributed by atoms with E-state index in [1.54, 1.807) is 41.3 Å². The standard InChI is InChI=1S/C20H15ClN4O2/c21-17-4-2-1-3-16(17)19-24-23-18(27-19)12-25(15-9-10-15)20(26)14-7-5-13(11-22)6-8-14/h1-8,15H,9-10,12H2. The van der Waals surface area contributed by atoms with Gasteiger partial charge in [0, 0.05) is 11.6 Å². The Hall–Kier alpha value is -3.17. The third-order valence-corrected chi connectivity index (χ3v) is 4.72. The number of nitrogens with zero attached hydrogens (tertiary/aromatic N) is 4. The maximum atomic E-state index is 12.9. The topological polar surface area (TPSA) is 83.0 Å². The van der Waals surface area contributed by atoms with E-state index in [4.69, 9.17) is 21.3 Å². The summed E-state index contributed by atoms with van der Waals surface area (Å²) in [6, 6.07) is 16.1. The zero-order valence-corrected chi connectivity index (χ0v) is 15.1. The molecule has 0 saturated heterocycles. The van der Waals surface area contributed by atoms with Crippen LogP contribution in [0.3, 0.4) is 0 Å². The average molecular weight is 379 g/mol. The second kappa shape index (κ2) is 7.22. The van der Waals surface area contributed by atoms with Crippen molar-refractivity contribution in [3.8, 4) is 17.5 Å². The zero-order valence-electron chi connectivity index (χ0n) is 14.3. The second-order valence-corrected chi connectivity index (χ2v) is 6.74. The first-order valence-corrected chi connectivity index (χ1v) is 8.92. The Morgan fingerprint density at radius 2 is 1.93 bits per heavy atom. The Kier molecular flexibility index (Phi) is 4.61. The first-order valence-electron chi connectivity index (χ1n) is 8.54. The molecular formula is C20H15ClN4O2. The maximum absolute atomic E-state index is 12.9. The molecule has 4 rings (SSSR count). The van der Waals surface area contributed by atoms with Gasteiger partial charge >= 0.3 is 0 Å². The van der Waals surface area contributed by atoms with Gasteiger partial charge in [-0.05, 0) is 49.2 Å². The van der Waals surface area contributed by atoms with E-state index in [1.807, 2.05) is 12.1 Å². The summed E-state index contributed by atoms with van der Waals surface area (Å²) in [4.78, 5) is 14.6. The number of halogens is 1. The van der Waals surface area contributed by atoms with E-state index in [9.17, 15) is 4.79 Å². The fraction of sp³-hybridized carbons (Fsp3) is 0.200. The number of hydrogen-bond donors (Lipinski definition) is 0. The number of hydrogen-bond acceptors (Lipinski definition) is 5. The molecule has 27 heavy (non-hydrogen) atoms. The highest BCUT2D eigenvalue weighted by atomic mass is 35.5. The van der Waals surface area contributed by atoms with Crippen LogP contribution in [-0.2, 0) is 6.54 Å². The van der Waals surface area contributed by atoms with E-state index in [0.717, 1.165) is 12.8 Å². The molecule has 0 radical (unpaired) electrons. The Morgan fingerprint density at radius 3 is 2.59 bits per heavy atom. The fourth-order valence-corrected chi connectivity index (χ4v) is 3.03. The lowest BCUT2D eigenvalue weighted by molar-refractivity contribution is 0.0714. The maximum Gasteiger partial charge on any atom is 0.254 e. The summed E-state index contributed by atoms with van der Waals surface area (Å²) < 4.78 is 5.74. The van der Waals surface area contributed by atoms with Gasteiger partial charge in [-0.1, -0.05) is 23.7 Å². The van der Waals surface area contributed by atoms with Crippen molar-refractivity contribution in [2.75, 3.05) is 0 Å². The van der Waals surface area contributed by atoms with E-state index in [0.29, 0.717) is 33.5 Å². The van der Waals surface area contributed by atoms with Crippen molar-refractivity contribution >= 4 is 17.5 Å². The number of nitriles is 1. The monoisotopic (exact) mass is 378 g/mol. The van der Waals surface area contributed by atoms with Crippen LogP contribution in [0.2, 0.25) is 5.02 Å². The summed E-state index contributed by atoms with van der Waals surface area (Å²) in [5.74, 6) is 0.579. The van der Waals surface area contributed by atoms with E-state index >= 15 is 0 Å². The molecule has 0 atom stereocenters. The first kappa shape index (κ1) is 17.3. The van der Waals surface area contributed by atoms with Gasteiger partial charge in [-0.25, -0.2) is 0 Å². The molecule has 0 bridgehead atoms. The molecule has 0 N–H and O–H groups in total. The Labute approximate surface area is 161 Å². The van der Waals surface area contributed by atoms with Gasteiger partial charge < -0.3 is 9.32 Å². The van der Waals surface area contributed by atoms with Gasteiger partial charge in [-0.2, -0.15) is 5.26 Å². The molecule has 2 aromatic carbocycles. The molecule has 7 heteroatoms. The van der Waals surface area contributed by atoms with Crippen LogP contribution in [0, 0.1) is 11.3 Å². The van der Waals surface area contributed by atoms with Crippen molar-refractivity contribution < 1.29 is 9.21 Å². The van der Waals surface area contributed by atoms with Crippen LogP contribution in [0.1, 0.15) is 34.7 Å². The van der Waals surface area contributed by atoms with Crippen LogP contribution in [0.15, 0.2) is 52.9 Å². The van der Waals surface area contributed by atoms with Gasteiger partial charge in [-0.15, -0.1) is 10.2 Å². The summed E-state index contributed by atoms with van der Waals surface area (Å²) in [7, 11) is 0. The number of rotatable bonds is 5. The van der Waals surface area contributed by atoms with Crippen molar-refractivity contribution in [2.24, 2.45) is 0 Å². The largest absolute Gasteiger partial charge is 0.419 e. The lowest BCUT2D eigenvalue weighted by atomic mass is 10.1. The first-order chi connectivity index (χ1) is 13.2. The van der Waals surface area contributed by atoms with Gasteiger partial charge in [0.2, 0.25) is 11.8 Å². The molecule has 1 saturated carbocycles. The highest BCUT2D eigenvalue weighted by Crippen LogP contribution is 2.31. The SMILES string of the molecule is N#Cc1ccc(C(=O)N(Cc2nnc(-c3ccccc3Cl)o2)C2CC2)cc1. The number of benzene rings is 2. The zero-order chi connectivity index (χ0) is 18.8. The number of carbonyl (C=O) groups is 1. The van der Waals surface area contributed by atoms with Crippen molar-refractivity contribution in [2.45, 2.75) is 25.4 Å². The van der Waals surface area contributed by atoms with Crippen LogP contribution in [0.4, 0.5) is 0 Å². The lowest BCUT2D eigenvalue weighted by Crippen LogP contribution is -2.32. The summed E-state index contributed by atoms with van der Waals surface area (Å²) in [6.07, 6.45) is 1.90. The third-order valence-electron chi connectivity index (χ3n) is 4.39. The minimum Gasteiger partial charge on any atom is -0.419 e. The normalized spacial score (nSPS) is 13.2. The Balaban J connectivity index is 1.55. The Morgan fingerprint density at radius 1 is 1.19 bits per heavy atom. The predicted molar refractivity (Wildman–Crippen MR) is 98.8 cm³/mol. The smallest absolute Gasteiger partial charge is 0.254 e. The van der Waals surface area contributed by atoms with Crippen LogP contribution < -0.4 is 0 Å². The van der Waals surface area contributed by atoms with E-state index in [2.05, 4.69) is 16.3 Å². The van der Waals surface area contributed by atoms with E-state index in [-0.39, 0.29) is 18.5 Å². The van der Waals surface area contributed by atoms with Crippen LogP contribution in [0.25, 0.3) is 11.5 Å². The van der Waals surface area contributed by atoms with Crippen molar-refractivity contribution in [3.63, 3.8) is 0 Å². The molecule has 1 aromatic heterocycles. The molecule has 1 heterocycles. The summed E-state index contributed by atoms with van der Waals surface area (Å²) >= 11 is 6.17.